The van der Waals surface area contributed by atoms with Crippen LogP contribution >= 0.6 is 0 Å². The van der Waals surface area contributed by atoms with Gasteiger partial charge in [-0.05, 0) is 110 Å². The first-order valence-electron chi connectivity index (χ1n) is 27.0. The van der Waals surface area contributed by atoms with Crippen molar-refractivity contribution in [3.63, 3.8) is 0 Å². The van der Waals surface area contributed by atoms with Crippen molar-refractivity contribution in [2.45, 2.75) is 185 Å². The zero-order valence-corrected chi connectivity index (χ0v) is 48.0. The van der Waals surface area contributed by atoms with Crippen LogP contribution < -0.4 is 38.9 Å². The molecule has 0 aromatic rings. The van der Waals surface area contributed by atoms with Crippen molar-refractivity contribution in [2.24, 2.45) is 40.7 Å². The summed E-state index contributed by atoms with van der Waals surface area (Å²) < 4.78 is 9.69. The number of primary amides is 2. The summed E-state index contributed by atoms with van der Waals surface area (Å²) in [7, 11) is 3.34. The highest BCUT2D eigenvalue weighted by Gasteiger charge is 2.38. The Morgan fingerprint density at radius 1 is 0.542 bits per heavy atom. The molecule has 3 aliphatic heterocycles. The average Bonchev–Trinajstić information content (AvgIpc) is 4.27. The fourth-order valence-corrected chi connectivity index (χ4v) is 8.29. The highest BCUT2D eigenvalue weighted by molar-refractivity contribution is 5.87. The summed E-state index contributed by atoms with van der Waals surface area (Å²) in [5.41, 5.74) is 20.9. The van der Waals surface area contributed by atoms with Gasteiger partial charge in [0.1, 0.15) is 42.3 Å². The number of nitrogens with two attached hydrogens (primary N) is 4. The number of esters is 2. The molecule has 3 saturated heterocycles. The van der Waals surface area contributed by atoms with Gasteiger partial charge in [0.05, 0.1) is 5.92 Å². The van der Waals surface area contributed by atoms with Gasteiger partial charge in [0.15, 0.2) is 0 Å². The normalized spacial score (nSPS) is 19.6. The fourth-order valence-electron chi connectivity index (χ4n) is 8.29. The molecule has 0 aromatic heterocycles. The van der Waals surface area contributed by atoms with Crippen LogP contribution in [0.4, 0.5) is 0 Å². The molecule has 32 nitrogen and oxygen atoms in total. The van der Waals surface area contributed by atoms with Crippen molar-refractivity contribution in [3.05, 3.63) is 0 Å². The number of ether oxygens (including phenoxy) is 2. The summed E-state index contributed by atoms with van der Waals surface area (Å²) in [4.78, 5) is 144. The van der Waals surface area contributed by atoms with E-state index in [1.807, 2.05) is 27.7 Å². The van der Waals surface area contributed by atoms with Crippen LogP contribution in [0.25, 0.3) is 0 Å². The molecule has 2 unspecified atom stereocenters. The predicted octanol–water partition coefficient (Wildman–Crippen LogP) is -1.73. The van der Waals surface area contributed by atoms with E-state index in [0.29, 0.717) is 76.3 Å². The minimum absolute atomic E-state index is 0.0185. The van der Waals surface area contributed by atoms with Gasteiger partial charge < -0.3 is 89.2 Å². The lowest BCUT2D eigenvalue weighted by Crippen LogP contribution is -2.46. The van der Waals surface area contributed by atoms with Crippen molar-refractivity contribution in [1.29, 1.82) is 0 Å². The van der Waals surface area contributed by atoms with E-state index >= 15 is 0 Å². The second-order valence-corrected chi connectivity index (χ2v) is 20.7. The number of carboxylic acids is 8. The number of hydrogen-bond donors (Lipinski definition) is 15. The minimum atomic E-state index is -1.53. The van der Waals surface area contributed by atoms with E-state index < -0.39 is 114 Å². The van der Waals surface area contributed by atoms with Crippen LogP contribution in [-0.2, 0) is 71.8 Å². The number of amides is 3. The zero-order chi connectivity index (χ0) is 64.3. The van der Waals surface area contributed by atoms with Gasteiger partial charge in [0, 0.05) is 32.4 Å². The van der Waals surface area contributed by atoms with Crippen LogP contribution in [0.2, 0.25) is 0 Å². The Bertz CT molecular complexity index is 2010. The Morgan fingerprint density at radius 2 is 0.904 bits per heavy atom. The summed E-state index contributed by atoms with van der Waals surface area (Å²) in [6, 6.07) is -5.34. The smallest absolute Gasteiger partial charge is 0.346 e. The molecule has 1 aliphatic carbocycles. The molecule has 83 heavy (non-hydrogen) atoms. The van der Waals surface area contributed by atoms with E-state index in [-0.39, 0.29) is 62.7 Å². The van der Waals surface area contributed by atoms with Crippen LogP contribution in [0.3, 0.4) is 0 Å². The summed E-state index contributed by atoms with van der Waals surface area (Å²) in [5.74, 6) is -10.5. The lowest BCUT2D eigenvalue weighted by molar-refractivity contribution is -0.167. The molecule has 476 valence electrons. The molecule has 4 aliphatic rings. The van der Waals surface area contributed by atoms with Gasteiger partial charge in [-0.1, -0.05) is 40.5 Å². The lowest BCUT2D eigenvalue weighted by Gasteiger charge is -2.25. The second-order valence-electron chi connectivity index (χ2n) is 20.7. The molecule has 0 aromatic carbocycles. The van der Waals surface area contributed by atoms with Gasteiger partial charge in [-0.2, -0.15) is 0 Å². The molecular formula is C51H89N9O23. The van der Waals surface area contributed by atoms with Gasteiger partial charge in [-0.3, -0.25) is 57.7 Å². The number of hydrogen-bond acceptors (Lipinski definition) is 21. The number of rotatable bonds is 28. The monoisotopic (exact) mass is 1200 g/mol. The zero-order valence-electron chi connectivity index (χ0n) is 48.0. The Labute approximate surface area is 480 Å². The third-order valence-corrected chi connectivity index (χ3v) is 12.9. The largest absolute Gasteiger partial charge is 0.481 e. The number of likely N-dealkylation sites (tertiary alicyclic amines) is 2. The van der Waals surface area contributed by atoms with Crippen LogP contribution in [0, 0.1) is 17.8 Å². The number of likely N-dealkylation sites (N-methyl/N-ethyl adjacent to an activating group) is 2. The fraction of sp³-hybridized carbons (Fsp3) is 0.745. The lowest BCUT2D eigenvalue weighted by atomic mass is 10.0. The standard InChI is InChI=1S/2C13H21N3O7.2C7H15NO2.C6H10O2.C5H7NO3/c2*14-7(3-4-10(15)17)13(22)23-9(12(20)21)6-16-5-1-2-8(16)11(18)19;2*1-5(2)4-6(8-3)7(9)10;7-6(8)5-3-1-2-4-5;7-4-2-1-3(6-4)5(8)9/h2*7-9H,1-6,14H2,(H2,15,17)(H,18,19)(H,20,21);2*5-6,8H,4H2,1-3H3,(H,9,10);5H,1-4H2,(H,7,8);3H,1-2H2,(H,6,7)(H,8,9)/t2*7-,8-,9?;2*6-;;3-/m0000.0/s1. The van der Waals surface area contributed by atoms with Crippen LogP contribution in [0.5, 0.6) is 0 Å². The maximum Gasteiger partial charge on any atom is 0.346 e. The Kier molecular flexibility index (Phi) is 39.2. The third kappa shape index (κ3) is 34.8. The summed E-state index contributed by atoms with van der Waals surface area (Å²) in [6.45, 7) is 8.38. The van der Waals surface area contributed by atoms with E-state index in [4.69, 9.17) is 73.3 Å². The maximum absolute atomic E-state index is 11.8. The Morgan fingerprint density at radius 3 is 1.11 bits per heavy atom. The Balaban J connectivity index is 0. The van der Waals surface area contributed by atoms with Crippen molar-refractivity contribution >= 4 is 77.4 Å². The number of carbonyl (C=O) groups is 13. The molecule has 0 bridgehead atoms. The van der Waals surface area contributed by atoms with Gasteiger partial charge in [0.2, 0.25) is 29.9 Å². The summed E-state index contributed by atoms with van der Waals surface area (Å²) >= 11 is 0. The van der Waals surface area contributed by atoms with Crippen LogP contribution in [0.1, 0.15) is 130 Å². The van der Waals surface area contributed by atoms with E-state index in [2.05, 4.69) is 16.0 Å². The van der Waals surface area contributed by atoms with Gasteiger partial charge in [-0.25, -0.2) is 14.4 Å². The molecule has 4 fully saturated rings. The molecule has 3 amide bonds. The summed E-state index contributed by atoms with van der Waals surface area (Å²) in [5, 5.41) is 78.0. The van der Waals surface area contributed by atoms with Gasteiger partial charge >= 0.3 is 59.7 Å². The number of nitrogens with zero attached hydrogens (tertiary/aromatic N) is 2. The number of nitrogens with one attached hydrogen (secondary N) is 3. The number of carboxylic acid groups (broad SMARTS) is 8. The first-order valence-corrected chi connectivity index (χ1v) is 27.0. The molecule has 0 radical (unpaired) electrons. The minimum Gasteiger partial charge on any atom is -0.481 e. The molecule has 19 N–H and O–H groups in total. The van der Waals surface area contributed by atoms with Crippen molar-refractivity contribution in [1.82, 2.24) is 25.8 Å². The van der Waals surface area contributed by atoms with Gasteiger partial charge in [-0.15, -0.1) is 0 Å². The van der Waals surface area contributed by atoms with Crippen molar-refractivity contribution in [3.8, 4) is 0 Å². The predicted molar refractivity (Wildman–Crippen MR) is 291 cm³/mol. The number of aliphatic carboxylic acids is 8. The number of carbonyl (C=O) groups excluding carboxylic acids is 5. The van der Waals surface area contributed by atoms with E-state index in [0.717, 1.165) is 25.7 Å². The van der Waals surface area contributed by atoms with Crippen molar-refractivity contribution in [2.75, 3.05) is 40.3 Å². The highest BCUT2D eigenvalue weighted by Crippen LogP contribution is 2.24. The Hall–Kier alpha value is -7.13. The summed E-state index contributed by atoms with van der Waals surface area (Å²) in [6.07, 6.45) is 4.81. The average molecular weight is 1200 g/mol. The molecule has 9 atom stereocenters. The first kappa shape index (κ1) is 77.9. The van der Waals surface area contributed by atoms with Gasteiger partial charge in [0.25, 0.3) is 0 Å². The highest BCUT2D eigenvalue weighted by atomic mass is 16.6. The molecule has 4 rings (SSSR count). The molecule has 32 heteroatoms. The quantitative estimate of drug-likeness (QED) is 0.0387. The van der Waals surface area contributed by atoms with E-state index in [1.54, 1.807) is 14.1 Å². The molecule has 1 saturated carbocycles. The topological polar surface area (TPSA) is 549 Å². The first-order chi connectivity index (χ1) is 38.6. The molecule has 3 heterocycles. The SMILES string of the molecule is CN[C@@H](CC(C)C)C(=O)O.CN[C@@H](CC(C)C)C(=O)O.NC(=O)CC[C@H](N)C(=O)OC(CN1CCC[C@H]1C(=O)O)C(=O)O.NC(=O)CC[C@H](N)C(=O)OC(CN1CCC[C@H]1C(=O)O)C(=O)O.O=C(O)C1CCCC1.O=C1CC[C@@H](C(=O)O)N1. The van der Waals surface area contributed by atoms with Crippen molar-refractivity contribution < 1.29 is 113 Å². The second kappa shape index (κ2) is 41.8. The third-order valence-electron chi connectivity index (χ3n) is 12.9. The maximum atomic E-state index is 11.8. The molecular weight excluding hydrogens is 1110 g/mol. The molecule has 0 spiro atoms. The van der Waals surface area contributed by atoms with E-state index in [9.17, 15) is 62.3 Å². The van der Waals surface area contributed by atoms with E-state index in [1.165, 1.54) is 9.80 Å². The van der Waals surface area contributed by atoms with Crippen LogP contribution in [0.15, 0.2) is 0 Å². The van der Waals surface area contributed by atoms with Crippen LogP contribution in [-0.4, -0.2) is 223 Å².